The molecule has 0 aromatic heterocycles. The lowest BCUT2D eigenvalue weighted by Gasteiger charge is -2.27. The number of halogens is 1. The van der Waals surface area contributed by atoms with Gasteiger partial charge < -0.3 is 9.80 Å². The molecule has 0 bridgehead atoms. The molecule has 0 aliphatic rings. The smallest absolute Gasteiger partial charge is 0.195 e. The highest BCUT2D eigenvalue weighted by molar-refractivity contribution is 14.0. The van der Waals surface area contributed by atoms with Gasteiger partial charge in [0.2, 0.25) is 0 Å². The molecule has 0 atom stereocenters. The second-order valence-corrected chi connectivity index (χ2v) is 6.34. The Morgan fingerprint density at radius 3 is 1.86 bits per heavy atom. The zero-order valence-electron chi connectivity index (χ0n) is 14.5. The van der Waals surface area contributed by atoms with E-state index in [1.807, 2.05) is 28.2 Å². The van der Waals surface area contributed by atoms with Crippen LogP contribution in [0.5, 0.6) is 0 Å². The number of aryl methyl sites for hydroxylation is 1. The second-order valence-electron chi connectivity index (χ2n) is 6.34. The van der Waals surface area contributed by atoms with Crippen molar-refractivity contribution in [3.63, 3.8) is 0 Å². The highest BCUT2D eigenvalue weighted by Gasteiger charge is 2.21. The topological polar surface area (TPSA) is 18.8 Å². The maximum absolute atomic E-state index is 4.78. The summed E-state index contributed by atoms with van der Waals surface area (Å²) in [5.41, 5.74) is 2.77. The van der Waals surface area contributed by atoms with E-state index in [1.165, 1.54) is 11.1 Å². The van der Waals surface area contributed by atoms with Crippen LogP contribution in [0.4, 0.5) is 0 Å². The van der Waals surface area contributed by atoms with Gasteiger partial charge in [-0.1, -0.05) is 45.0 Å². The van der Waals surface area contributed by atoms with Crippen molar-refractivity contribution >= 4 is 29.9 Å². The summed E-state index contributed by atoms with van der Waals surface area (Å²) in [7, 11) is 8.12. The lowest BCUT2D eigenvalue weighted by atomic mass is 9.84. The summed E-state index contributed by atoms with van der Waals surface area (Å²) >= 11 is 0. The van der Waals surface area contributed by atoms with Crippen molar-refractivity contribution in [2.24, 2.45) is 4.99 Å². The zero-order chi connectivity index (χ0) is 15.3. The molecule has 0 aliphatic carbocycles. The van der Waals surface area contributed by atoms with Crippen molar-refractivity contribution < 1.29 is 0 Å². The molecule has 0 saturated carbocycles. The Bertz CT molecular complexity index is 438. The second kappa shape index (κ2) is 8.61. The summed E-state index contributed by atoms with van der Waals surface area (Å²) in [4.78, 5) is 8.89. The Hall–Kier alpha value is -0.780. The number of guanidine groups is 1. The molecule has 0 N–H and O–H groups in total. The molecule has 0 radical (unpaired) electrons. The maximum atomic E-state index is 4.78. The van der Waals surface area contributed by atoms with Crippen molar-refractivity contribution in [2.45, 2.75) is 32.6 Å². The fourth-order valence-electron chi connectivity index (χ4n) is 2.23. The average Bonchev–Trinajstić information content (AvgIpc) is 2.38. The third-order valence-corrected chi connectivity index (χ3v) is 3.56. The first-order chi connectivity index (χ1) is 9.27. The first kappa shape index (κ1) is 20.2. The molecule has 0 heterocycles. The van der Waals surface area contributed by atoms with Crippen molar-refractivity contribution in [3.8, 4) is 0 Å². The molecule has 0 aliphatic heterocycles. The van der Waals surface area contributed by atoms with Crippen LogP contribution in [0.25, 0.3) is 0 Å². The van der Waals surface area contributed by atoms with Crippen LogP contribution >= 0.6 is 24.0 Å². The third kappa shape index (κ3) is 5.85. The molecule has 0 unspecified atom stereocenters. The van der Waals surface area contributed by atoms with Gasteiger partial charge in [-0.2, -0.15) is 0 Å². The van der Waals surface area contributed by atoms with Gasteiger partial charge >= 0.3 is 0 Å². The molecule has 1 aromatic carbocycles. The Labute approximate surface area is 147 Å². The van der Waals surface area contributed by atoms with Gasteiger partial charge in [0.15, 0.2) is 5.96 Å². The minimum atomic E-state index is 0. The Morgan fingerprint density at radius 1 is 1.00 bits per heavy atom. The number of hydrogen-bond donors (Lipinski definition) is 0. The van der Waals surface area contributed by atoms with E-state index in [0.29, 0.717) is 0 Å². The monoisotopic (exact) mass is 403 g/mol. The molecule has 0 spiro atoms. The molecule has 1 rings (SSSR count). The summed E-state index contributed by atoms with van der Waals surface area (Å²) < 4.78 is 0. The fraction of sp³-hybridized carbons (Fsp3) is 0.588. The number of hydrogen-bond acceptors (Lipinski definition) is 1. The first-order valence-electron chi connectivity index (χ1n) is 7.26. The van der Waals surface area contributed by atoms with Gasteiger partial charge in [-0.15, -0.1) is 24.0 Å². The van der Waals surface area contributed by atoms with Gasteiger partial charge in [0, 0.05) is 33.6 Å². The van der Waals surface area contributed by atoms with Crippen LogP contribution in [0.2, 0.25) is 0 Å². The van der Waals surface area contributed by atoms with E-state index in [1.54, 1.807) is 0 Å². The number of aliphatic imine (C=N–C) groups is 1. The van der Waals surface area contributed by atoms with Crippen LogP contribution in [0, 0.1) is 0 Å². The van der Waals surface area contributed by atoms with E-state index in [2.05, 4.69) is 54.8 Å². The molecule has 120 valence electrons. The molecule has 0 saturated heterocycles. The van der Waals surface area contributed by atoms with Crippen LogP contribution in [0.3, 0.4) is 0 Å². The molecule has 0 amide bonds. The van der Waals surface area contributed by atoms with E-state index >= 15 is 0 Å². The molecule has 0 fully saturated rings. The van der Waals surface area contributed by atoms with Crippen LogP contribution in [-0.4, -0.2) is 50.5 Å². The van der Waals surface area contributed by atoms with Crippen LogP contribution in [-0.2, 0) is 11.8 Å². The molecule has 21 heavy (non-hydrogen) atoms. The van der Waals surface area contributed by atoms with E-state index in [4.69, 9.17) is 4.99 Å². The SMILES string of the molecule is CCc1ccc(C(C)(C)CN=C(N(C)C)N(C)C)cc1.I. The summed E-state index contributed by atoms with van der Waals surface area (Å²) in [6, 6.07) is 8.91. The first-order valence-corrected chi connectivity index (χ1v) is 7.26. The standard InChI is InChI=1S/C17H29N3.HI/c1-8-14-9-11-15(12-10-14)17(2,3)13-18-16(19(4)5)20(6)7;/h9-12H,8,13H2,1-7H3;1H. The number of nitrogens with zero attached hydrogens (tertiary/aromatic N) is 3. The lowest BCUT2D eigenvalue weighted by molar-refractivity contribution is 0.464. The molecule has 3 nitrogen and oxygen atoms in total. The average molecular weight is 403 g/mol. The van der Waals surface area contributed by atoms with E-state index in [-0.39, 0.29) is 29.4 Å². The quantitative estimate of drug-likeness (QED) is 0.435. The molecule has 1 aromatic rings. The van der Waals surface area contributed by atoms with Crippen molar-refractivity contribution in [1.82, 2.24) is 9.80 Å². The van der Waals surface area contributed by atoms with Crippen molar-refractivity contribution in [1.29, 1.82) is 0 Å². The number of rotatable bonds is 4. The van der Waals surface area contributed by atoms with Gasteiger partial charge in [0.1, 0.15) is 0 Å². The summed E-state index contributed by atoms with van der Waals surface area (Å²) in [5.74, 6) is 1.00. The van der Waals surface area contributed by atoms with Gasteiger partial charge in [0.05, 0.1) is 6.54 Å². The minimum absolute atomic E-state index is 0. The molecule has 4 heteroatoms. The summed E-state index contributed by atoms with van der Waals surface area (Å²) in [6.45, 7) is 7.47. The predicted octanol–water partition coefficient (Wildman–Crippen LogP) is 3.62. The zero-order valence-corrected chi connectivity index (χ0v) is 16.8. The Balaban J connectivity index is 0.00000400. The minimum Gasteiger partial charge on any atom is -0.349 e. The van der Waals surface area contributed by atoms with Crippen LogP contribution in [0.1, 0.15) is 31.9 Å². The van der Waals surface area contributed by atoms with Crippen LogP contribution < -0.4 is 0 Å². The maximum Gasteiger partial charge on any atom is 0.195 e. The normalized spacial score (nSPS) is 10.6. The fourth-order valence-corrected chi connectivity index (χ4v) is 2.23. The van der Waals surface area contributed by atoms with E-state index in [0.717, 1.165) is 18.9 Å². The molecular formula is C17H30IN3. The highest BCUT2D eigenvalue weighted by atomic mass is 127. The van der Waals surface area contributed by atoms with Gasteiger partial charge in [-0.25, -0.2) is 0 Å². The van der Waals surface area contributed by atoms with E-state index < -0.39 is 0 Å². The van der Waals surface area contributed by atoms with Crippen molar-refractivity contribution in [2.75, 3.05) is 34.7 Å². The van der Waals surface area contributed by atoms with Crippen molar-refractivity contribution in [3.05, 3.63) is 35.4 Å². The van der Waals surface area contributed by atoms with Gasteiger partial charge in [0.25, 0.3) is 0 Å². The highest BCUT2D eigenvalue weighted by Crippen LogP contribution is 2.24. The van der Waals surface area contributed by atoms with Crippen LogP contribution in [0.15, 0.2) is 29.3 Å². The van der Waals surface area contributed by atoms with Gasteiger partial charge in [-0.3, -0.25) is 4.99 Å². The summed E-state index contributed by atoms with van der Waals surface area (Å²) in [5, 5.41) is 0. The Morgan fingerprint density at radius 2 is 1.48 bits per heavy atom. The predicted molar refractivity (Wildman–Crippen MR) is 104 cm³/mol. The lowest BCUT2D eigenvalue weighted by Crippen LogP contribution is -2.36. The largest absolute Gasteiger partial charge is 0.349 e. The molecular weight excluding hydrogens is 373 g/mol. The van der Waals surface area contributed by atoms with E-state index in [9.17, 15) is 0 Å². The third-order valence-electron chi connectivity index (χ3n) is 3.56. The Kier molecular flexibility index (Phi) is 8.29. The van der Waals surface area contributed by atoms with Gasteiger partial charge in [-0.05, 0) is 17.5 Å². The summed E-state index contributed by atoms with van der Waals surface area (Å²) in [6.07, 6.45) is 1.09. The number of benzene rings is 1.